The van der Waals surface area contributed by atoms with Gasteiger partial charge in [0.25, 0.3) is 5.91 Å². The molecule has 7 nitrogen and oxygen atoms in total. The van der Waals surface area contributed by atoms with Crippen molar-refractivity contribution in [1.29, 1.82) is 0 Å². The molecule has 2 rings (SSSR count). The van der Waals surface area contributed by atoms with Crippen LogP contribution in [0.3, 0.4) is 0 Å². The van der Waals surface area contributed by atoms with Gasteiger partial charge in [-0.1, -0.05) is 0 Å². The van der Waals surface area contributed by atoms with Crippen molar-refractivity contribution < 1.29 is 23.5 Å². The fourth-order valence-electron chi connectivity index (χ4n) is 1.95. The quantitative estimate of drug-likeness (QED) is 0.912. The molecule has 0 atom stereocenters. The van der Waals surface area contributed by atoms with Gasteiger partial charge in [0.05, 0.1) is 19.3 Å². The van der Waals surface area contributed by atoms with E-state index in [0.29, 0.717) is 13.1 Å². The Labute approximate surface area is 133 Å². The first-order valence-corrected chi connectivity index (χ1v) is 7.22. The fourth-order valence-corrected chi connectivity index (χ4v) is 1.95. The molecular formula is C15H20FN3O4. The second-order valence-electron chi connectivity index (χ2n) is 6.21. The molecule has 1 aliphatic heterocycles. The van der Waals surface area contributed by atoms with Crippen LogP contribution in [0, 0.1) is 5.82 Å². The summed E-state index contributed by atoms with van der Waals surface area (Å²) in [6.45, 7) is 6.09. The van der Waals surface area contributed by atoms with Crippen molar-refractivity contribution >= 4 is 12.0 Å². The number of ether oxygens (including phenoxy) is 2. The Balaban J connectivity index is 1.87. The number of aromatic nitrogens is 1. The van der Waals surface area contributed by atoms with Crippen molar-refractivity contribution in [2.24, 2.45) is 0 Å². The molecule has 0 unspecified atom stereocenters. The smallest absolute Gasteiger partial charge is 0.410 e. The molecule has 23 heavy (non-hydrogen) atoms. The van der Waals surface area contributed by atoms with Crippen LogP contribution in [0.4, 0.5) is 9.18 Å². The van der Waals surface area contributed by atoms with Gasteiger partial charge in [-0.2, -0.15) is 0 Å². The second-order valence-corrected chi connectivity index (χ2v) is 6.21. The number of amides is 2. The number of carbonyl (C=O) groups is 2. The molecule has 1 saturated heterocycles. The van der Waals surface area contributed by atoms with Gasteiger partial charge in [-0.15, -0.1) is 0 Å². The Morgan fingerprint density at radius 1 is 1.39 bits per heavy atom. The lowest BCUT2D eigenvalue weighted by atomic mass is 10.1. The van der Waals surface area contributed by atoms with Crippen LogP contribution in [0.25, 0.3) is 0 Å². The highest BCUT2D eigenvalue weighted by molar-refractivity contribution is 5.92. The minimum Gasteiger partial charge on any atom is -0.485 e. The maximum atomic E-state index is 13.8. The standard InChI is InChI=1S/C15H20FN3O4/c1-15(2,3)23-14(21)19-7-10(8-19)22-9-5-11(16)12(18-6-9)13(20)17-4/h5-6,10H,7-8H2,1-4H3,(H,17,20). The zero-order valence-corrected chi connectivity index (χ0v) is 13.6. The highest BCUT2D eigenvalue weighted by Gasteiger charge is 2.35. The summed E-state index contributed by atoms with van der Waals surface area (Å²) in [5, 5.41) is 2.30. The minimum absolute atomic E-state index is 0.212. The summed E-state index contributed by atoms with van der Waals surface area (Å²) in [7, 11) is 1.40. The van der Waals surface area contributed by atoms with Crippen LogP contribution >= 0.6 is 0 Å². The molecule has 1 aromatic rings. The number of carbonyl (C=O) groups excluding carboxylic acids is 2. The highest BCUT2D eigenvalue weighted by atomic mass is 19.1. The fraction of sp³-hybridized carbons (Fsp3) is 0.533. The molecule has 1 N–H and O–H groups in total. The number of halogens is 1. The number of nitrogens with zero attached hydrogens (tertiary/aromatic N) is 2. The molecule has 0 aliphatic carbocycles. The van der Waals surface area contributed by atoms with Gasteiger partial charge in [0, 0.05) is 13.1 Å². The van der Waals surface area contributed by atoms with Gasteiger partial charge in [-0.05, 0) is 20.8 Å². The van der Waals surface area contributed by atoms with E-state index in [2.05, 4.69) is 10.3 Å². The third kappa shape index (κ3) is 4.30. The van der Waals surface area contributed by atoms with Crippen LogP contribution in [-0.4, -0.2) is 53.7 Å². The Bertz CT molecular complexity index is 609. The molecule has 0 bridgehead atoms. The van der Waals surface area contributed by atoms with Crippen LogP contribution in [0.1, 0.15) is 31.3 Å². The van der Waals surface area contributed by atoms with Crippen LogP contribution < -0.4 is 10.1 Å². The summed E-state index contributed by atoms with van der Waals surface area (Å²) in [6, 6.07) is 1.10. The zero-order valence-electron chi connectivity index (χ0n) is 13.6. The van der Waals surface area contributed by atoms with E-state index in [4.69, 9.17) is 9.47 Å². The van der Waals surface area contributed by atoms with E-state index in [1.807, 2.05) is 0 Å². The lowest BCUT2D eigenvalue weighted by Crippen LogP contribution is -2.57. The maximum Gasteiger partial charge on any atom is 0.410 e. The lowest BCUT2D eigenvalue weighted by Gasteiger charge is -2.39. The zero-order chi connectivity index (χ0) is 17.2. The SMILES string of the molecule is CNC(=O)c1ncc(OC2CN(C(=O)OC(C)(C)C)C2)cc1F. The Morgan fingerprint density at radius 3 is 2.57 bits per heavy atom. The summed E-state index contributed by atoms with van der Waals surface area (Å²) < 4.78 is 24.5. The maximum absolute atomic E-state index is 13.8. The van der Waals surface area contributed by atoms with Crippen LogP contribution in [-0.2, 0) is 4.74 Å². The summed E-state index contributed by atoms with van der Waals surface area (Å²) in [5.74, 6) is -1.15. The summed E-state index contributed by atoms with van der Waals surface area (Å²) in [5.41, 5.74) is -0.838. The number of nitrogens with one attached hydrogen (secondary N) is 1. The monoisotopic (exact) mass is 325 g/mol. The van der Waals surface area contributed by atoms with Gasteiger partial charge in [0.1, 0.15) is 17.5 Å². The van der Waals surface area contributed by atoms with E-state index >= 15 is 0 Å². The van der Waals surface area contributed by atoms with E-state index in [0.717, 1.165) is 6.07 Å². The van der Waals surface area contributed by atoms with Crippen LogP contribution in [0.5, 0.6) is 5.75 Å². The van der Waals surface area contributed by atoms with Crippen LogP contribution in [0.15, 0.2) is 12.3 Å². The van der Waals surface area contributed by atoms with Gasteiger partial charge >= 0.3 is 6.09 Å². The molecule has 0 spiro atoms. The van der Waals surface area contributed by atoms with E-state index in [1.165, 1.54) is 18.1 Å². The molecular weight excluding hydrogens is 305 g/mol. The number of hydrogen-bond donors (Lipinski definition) is 1. The average molecular weight is 325 g/mol. The van der Waals surface area contributed by atoms with Crippen molar-refractivity contribution in [3.63, 3.8) is 0 Å². The lowest BCUT2D eigenvalue weighted by molar-refractivity contribution is -0.0223. The Hall–Kier alpha value is -2.38. The molecule has 8 heteroatoms. The molecule has 0 radical (unpaired) electrons. The average Bonchev–Trinajstić information content (AvgIpc) is 2.39. The number of rotatable bonds is 3. The molecule has 1 aromatic heterocycles. The molecule has 1 aliphatic rings. The number of pyridine rings is 1. The number of likely N-dealkylation sites (tertiary alicyclic amines) is 1. The van der Waals surface area contributed by atoms with Gasteiger partial charge < -0.3 is 19.7 Å². The van der Waals surface area contributed by atoms with Crippen molar-refractivity contribution in [1.82, 2.24) is 15.2 Å². The van der Waals surface area contributed by atoms with Gasteiger partial charge in [-0.25, -0.2) is 14.2 Å². The van der Waals surface area contributed by atoms with Crippen LogP contribution in [0.2, 0.25) is 0 Å². The molecule has 0 saturated carbocycles. The topological polar surface area (TPSA) is 80.8 Å². The predicted octanol–water partition coefficient (Wildman–Crippen LogP) is 1.58. The first-order valence-electron chi connectivity index (χ1n) is 7.22. The van der Waals surface area contributed by atoms with Gasteiger partial charge in [0.2, 0.25) is 0 Å². The van der Waals surface area contributed by atoms with Crippen molar-refractivity contribution in [2.75, 3.05) is 20.1 Å². The molecule has 1 fully saturated rings. The largest absolute Gasteiger partial charge is 0.485 e. The Kier molecular flexibility index (Phi) is 4.72. The van der Waals surface area contributed by atoms with Gasteiger partial charge in [-0.3, -0.25) is 4.79 Å². The van der Waals surface area contributed by atoms with E-state index in [9.17, 15) is 14.0 Å². The van der Waals surface area contributed by atoms with E-state index < -0.39 is 23.4 Å². The molecule has 0 aromatic carbocycles. The first kappa shape index (κ1) is 17.0. The van der Waals surface area contributed by atoms with Crippen molar-refractivity contribution in [2.45, 2.75) is 32.5 Å². The van der Waals surface area contributed by atoms with E-state index in [-0.39, 0.29) is 17.5 Å². The Morgan fingerprint density at radius 2 is 2.04 bits per heavy atom. The summed E-state index contributed by atoms with van der Waals surface area (Å²) in [6.07, 6.45) is 0.621. The van der Waals surface area contributed by atoms with Crippen molar-refractivity contribution in [3.05, 3.63) is 23.8 Å². The minimum atomic E-state index is -0.759. The summed E-state index contributed by atoms with van der Waals surface area (Å²) >= 11 is 0. The predicted molar refractivity (Wildman–Crippen MR) is 79.8 cm³/mol. The number of hydrogen-bond acceptors (Lipinski definition) is 5. The normalized spacial score (nSPS) is 14.9. The molecule has 126 valence electrons. The first-order chi connectivity index (χ1) is 10.7. The second kappa shape index (κ2) is 6.39. The highest BCUT2D eigenvalue weighted by Crippen LogP contribution is 2.21. The third-order valence-corrected chi connectivity index (χ3v) is 3.06. The van der Waals surface area contributed by atoms with Gasteiger partial charge in [0.15, 0.2) is 11.5 Å². The summed E-state index contributed by atoms with van der Waals surface area (Å²) in [4.78, 5) is 28.4. The van der Waals surface area contributed by atoms with Crippen molar-refractivity contribution in [3.8, 4) is 5.75 Å². The molecule has 2 heterocycles. The van der Waals surface area contributed by atoms with E-state index in [1.54, 1.807) is 20.8 Å². The molecule has 2 amide bonds. The third-order valence-electron chi connectivity index (χ3n) is 3.06.